The molecule has 0 aromatic heterocycles. The van der Waals surface area contributed by atoms with Crippen molar-refractivity contribution in [3.8, 4) is 0 Å². The number of hydrogen-bond donors (Lipinski definition) is 1. The molecule has 0 heterocycles. The number of halogens is 2. The molecule has 1 aromatic carbocycles. The van der Waals surface area contributed by atoms with Crippen molar-refractivity contribution in [2.75, 3.05) is 20.1 Å². The Morgan fingerprint density at radius 1 is 1.35 bits per heavy atom. The first-order valence-corrected chi connectivity index (χ1v) is 5.88. The van der Waals surface area contributed by atoms with Crippen LogP contribution < -0.4 is 5.32 Å². The van der Waals surface area contributed by atoms with Crippen molar-refractivity contribution >= 4 is 0 Å². The first kappa shape index (κ1) is 14.1. The molecule has 0 spiro atoms. The number of benzene rings is 1. The van der Waals surface area contributed by atoms with Gasteiger partial charge < -0.3 is 10.2 Å². The lowest BCUT2D eigenvalue weighted by Crippen LogP contribution is -2.37. The van der Waals surface area contributed by atoms with E-state index in [1.807, 2.05) is 14.0 Å². The van der Waals surface area contributed by atoms with Crippen LogP contribution in [0, 0.1) is 11.6 Å². The average Bonchev–Trinajstić information content (AvgIpc) is 2.27. The lowest BCUT2D eigenvalue weighted by molar-refractivity contribution is 0.309. The Morgan fingerprint density at radius 3 is 2.65 bits per heavy atom. The Morgan fingerprint density at radius 2 is 2.06 bits per heavy atom. The summed E-state index contributed by atoms with van der Waals surface area (Å²) in [5.74, 6) is -1.03. The molecule has 1 unspecified atom stereocenters. The Kier molecular flexibility index (Phi) is 5.51. The quantitative estimate of drug-likeness (QED) is 0.824. The third-order valence-corrected chi connectivity index (χ3v) is 2.78. The van der Waals surface area contributed by atoms with Gasteiger partial charge in [-0.05, 0) is 26.6 Å². The molecule has 17 heavy (non-hydrogen) atoms. The number of likely N-dealkylation sites (N-methyl/N-ethyl adjacent to an activating group) is 1. The van der Waals surface area contributed by atoms with Gasteiger partial charge in [0.1, 0.15) is 11.6 Å². The van der Waals surface area contributed by atoms with Gasteiger partial charge in [-0.3, -0.25) is 0 Å². The summed E-state index contributed by atoms with van der Waals surface area (Å²) < 4.78 is 26.0. The second-order valence-electron chi connectivity index (χ2n) is 4.37. The topological polar surface area (TPSA) is 15.3 Å². The summed E-state index contributed by atoms with van der Waals surface area (Å²) in [6.07, 6.45) is 0. The standard InChI is InChI=1S/C13H20F2N2/c1-4-17(3)9-10(2)16-8-11-5-6-12(14)7-13(11)15/h5-7,10,16H,4,8-9H2,1-3H3. The molecule has 0 saturated carbocycles. The Bertz CT molecular complexity index is 355. The van der Waals surface area contributed by atoms with Crippen molar-refractivity contribution < 1.29 is 8.78 Å². The van der Waals surface area contributed by atoms with E-state index in [1.165, 1.54) is 12.1 Å². The molecule has 0 radical (unpaired) electrons. The fourth-order valence-electron chi connectivity index (χ4n) is 1.61. The van der Waals surface area contributed by atoms with Gasteiger partial charge in [0.05, 0.1) is 0 Å². The lowest BCUT2D eigenvalue weighted by atomic mass is 10.2. The number of hydrogen-bond acceptors (Lipinski definition) is 2. The third kappa shape index (κ3) is 4.79. The van der Waals surface area contributed by atoms with Crippen molar-refractivity contribution in [3.63, 3.8) is 0 Å². The van der Waals surface area contributed by atoms with Gasteiger partial charge in [-0.15, -0.1) is 0 Å². The molecule has 1 N–H and O–H groups in total. The molecular formula is C13H20F2N2. The Labute approximate surface area is 102 Å². The summed E-state index contributed by atoms with van der Waals surface area (Å²) in [5.41, 5.74) is 0.498. The molecule has 1 rings (SSSR count). The molecule has 0 bridgehead atoms. The van der Waals surface area contributed by atoms with Crippen molar-refractivity contribution in [2.24, 2.45) is 0 Å². The van der Waals surface area contributed by atoms with E-state index in [-0.39, 0.29) is 6.04 Å². The zero-order chi connectivity index (χ0) is 12.8. The Balaban J connectivity index is 2.44. The smallest absolute Gasteiger partial charge is 0.130 e. The molecule has 1 atom stereocenters. The van der Waals surface area contributed by atoms with Crippen LogP contribution in [0.4, 0.5) is 8.78 Å². The SMILES string of the molecule is CCN(C)CC(C)NCc1ccc(F)cc1F. The van der Waals surface area contributed by atoms with Gasteiger partial charge in [0.15, 0.2) is 0 Å². The van der Waals surface area contributed by atoms with E-state index >= 15 is 0 Å². The van der Waals surface area contributed by atoms with Crippen LogP contribution >= 0.6 is 0 Å². The Hall–Kier alpha value is -1.00. The number of nitrogens with zero attached hydrogens (tertiary/aromatic N) is 1. The number of nitrogens with one attached hydrogen (secondary N) is 1. The zero-order valence-corrected chi connectivity index (χ0v) is 10.6. The predicted octanol–water partition coefficient (Wildman–Crippen LogP) is 2.39. The maximum atomic E-state index is 13.3. The third-order valence-electron chi connectivity index (χ3n) is 2.78. The highest BCUT2D eigenvalue weighted by Gasteiger charge is 2.07. The minimum Gasteiger partial charge on any atom is -0.309 e. The summed E-state index contributed by atoms with van der Waals surface area (Å²) in [6, 6.07) is 3.95. The molecule has 4 heteroatoms. The van der Waals surface area contributed by atoms with Crippen LogP contribution in [-0.4, -0.2) is 31.1 Å². The van der Waals surface area contributed by atoms with Crippen LogP contribution in [0.25, 0.3) is 0 Å². The molecule has 0 aliphatic carbocycles. The molecule has 0 amide bonds. The average molecular weight is 242 g/mol. The van der Waals surface area contributed by atoms with E-state index < -0.39 is 11.6 Å². The highest BCUT2D eigenvalue weighted by Crippen LogP contribution is 2.09. The highest BCUT2D eigenvalue weighted by molar-refractivity contribution is 5.18. The highest BCUT2D eigenvalue weighted by atomic mass is 19.1. The summed E-state index contributed by atoms with van der Waals surface area (Å²) in [7, 11) is 2.04. The van der Waals surface area contributed by atoms with Crippen LogP contribution in [-0.2, 0) is 6.54 Å². The molecule has 2 nitrogen and oxygen atoms in total. The molecule has 1 aromatic rings. The van der Waals surface area contributed by atoms with Crippen LogP contribution in [0.1, 0.15) is 19.4 Å². The van der Waals surface area contributed by atoms with Crippen LogP contribution in [0.5, 0.6) is 0 Å². The monoisotopic (exact) mass is 242 g/mol. The summed E-state index contributed by atoms with van der Waals surface area (Å²) in [5, 5.41) is 3.22. The van der Waals surface area contributed by atoms with Gasteiger partial charge >= 0.3 is 0 Å². The second-order valence-corrected chi connectivity index (χ2v) is 4.37. The van der Waals surface area contributed by atoms with Crippen molar-refractivity contribution in [2.45, 2.75) is 26.4 Å². The van der Waals surface area contributed by atoms with Crippen LogP contribution in [0.15, 0.2) is 18.2 Å². The molecular weight excluding hydrogens is 222 g/mol. The number of rotatable bonds is 6. The largest absolute Gasteiger partial charge is 0.309 e. The molecule has 0 saturated heterocycles. The predicted molar refractivity (Wildman–Crippen MR) is 65.8 cm³/mol. The summed E-state index contributed by atoms with van der Waals surface area (Å²) >= 11 is 0. The van der Waals surface area contributed by atoms with Gasteiger partial charge in [-0.25, -0.2) is 8.78 Å². The van der Waals surface area contributed by atoms with Crippen LogP contribution in [0.2, 0.25) is 0 Å². The summed E-state index contributed by atoms with van der Waals surface area (Å²) in [6.45, 7) is 6.45. The van der Waals surface area contributed by atoms with Gasteiger partial charge in [-0.1, -0.05) is 13.0 Å². The van der Waals surface area contributed by atoms with Gasteiger partial charge in [0.25, 0.3) is 0 Å². The van der Waals surface area contributed by atoms with E-state index in [4.69, 9.17) is 0 Å². The van der Waals surface area contributed by atoms with E-state index in [0.29, 0.717) is 12.1 Å². The maximum Gasteiger partial charge on any atom is 0.130 e. The minimum atomic E-state index is -0.537. The van der Waals surface area contributed by atoms with Gasteiger partial charge in [0.2, 0.25) is 0 Å². The zero-order valence-electron chi connectivity index (χ0n) is 10.6. The first-order valence-electron chi connectivity index (χ1n) is 5.88. The molecule has 0 aliphatic heterocycles. The van der Waals surface area contributed by atoms with Crippen molar-refractivity contribution in [1.29, 1.82) is 0 Å². The molecule has 96 valence electrons. The van der Waals surface area contributed by atoms with E-state index in [0.717, 1.165) is 19.2 Å². The molecule has 0 fully saturated rings. The summed E-state index contributed by atoms with van der Waals surface area (Å²) in [4.78, 5) is 2.18. The maximum absolute atomic E-state index is 13.3. The van der Waals surface area contributed by atoms with Gasteiger partial charge in [0, 0.05) is 30.8 Å². The second kappa shape index (κ2) is 6.67. The van der Waals surface area contributed by atoms with E-state index in [9.17, 15) is 8.78 Å². The molecule has 0 aliphatic rings. The van der Waals surface area contributed by atoms with E-state index in [1.54, 1.807) is 0 Å². The van der Waals surface area contributed by atoms with E-state index in [2.05, 4.69) is 17.1 Å². The van der Waals surface area contributed by atoms with Gasteiger partial charge in [-0.2, -0.15) is 0 Å². The van der Waals surface area contributed by atoms with Crippen molar-refractivity contribution in [1.82, 2.24) is 10.2 Å². The lowest BCUT2D eigenvalue weighted by Gasteiger charge is -2.20. The van der Waals surface area contributed by atoms with Crippen molar-refractivity contribution in [3.05, 3.63) is 35.4 Å². The fraction of sp³-hybridized carbons (Fsp3) is 0.538. The normalized spacial score (nSPS) is 13.1. The van der Waals surface area contributed by atoms with Crippen LogP contribution in [0.3, 0.4) is 0 Å². The minimum absolute atomic E-state index is 0.268. The fourth-order valence-corrected chi connectivity index (χ4v) is 1.61. The first-order chi connectivity index (χ1) is 8.02.